The van der Waals surface area contributed by atoms with Crippen LogP contribution in [0.15, 0.2) is 22.1 Å². The molecule has 0 atom stereocenters. The van der Waals surface area contributed by atoms with Crippen LogP contribution in [-0.4, -0.2) is 25.2 Å². The van der Waals surface area contributed by atoms with Crippen molar-refractivity contribution in [2.24, 2.45) is 5.92 Å². The van der Waals surface area contributed by atoms with Crippen LogP contribution in [0.25, 0.3) is 10.6 Å². The number of nitrogens with zero attached hydrogens (tertiary/aromatic N) is 1. The molecule has 0 aromatic carbocycles. The largest absolute Gasteiger partial charge is 0.495 e. The SMILES string of the molecule is COc1ccsc1-c1cnc(CCNCC(C)C)o1. The van der Waals surface area contributed by atoms with Crippen LogP contribution in [0.5, 0.6) is 5.75 Å². The van der Waals surface area contributed by atoms with E-state index in [0.29, 0.717) is 5.92 Å². The van der Waals surface area contributed by atoms with Crippen molar-refractivity contribution < 1.29 is 9.15 Å². The highest BCUT2D eigenvalue weighted by atomic mass is 32.1. The number of oxazole rings is 1. The van der Waals surface area contributed by atoms with Crippen LogP contribution in [0.2, 0.25) is 0 Å². The molecule has 0 aliphatic carbocycles. The maximum Gasteiger partial charge on any atom is 0.196 e. The van der Waals surface area contributed by atoms with E-state index in [9.17, 15) is 0 Å². The maximum atomic E-state index is 5.76. The fraction of sp³-hybridized carbons (Fsp3) is 0.500. The smallest absolute Gasteiger partial charge is 0.196 e. The van der Waals surface area contributed by atoms with Crippen LogP contribution in [0.1, 0.15) is 19.7 Å². The molecule has 0 unspecified atom stereocenters. The van der Waals surface area contributed by atoms with Crippen LogP contribution in [0.4, 0.5) is 0 Å². The van der Waals surface area contributed by atoms with Gasteiger partial charge in [-0.15, -0.1) is 11.3 Å². The Bertz CT molecular complexity index is 505. The lowest BCUT2D eigenvalue weighted by Crippen LogP contribution is -2.22. The molecule has 0 aliphatic heterocycles. The summed E-state index contributed by atoms with van der Waals surface area (Å²) < 4.78 is 11.0. The van der Waals surface area contributed by atoms with E-state index < -0.39 is 0 Å². The zero-order valence-electron chi connectivity index (χ0n) is 11.6. The van der Waals surface area contributed by atoms with Crippen molar-refractivity contribution in [3.8, 4) is 16.4 Å². The molecule has 2 aromatic heterocycles. The predicted octanol–water partition coefficient (Wildman–Crippen LogP) is 3.20. The number of methoxy groups -OCH3 is 1. The van der Waals surface area contributed by atoms with Gasteiger partial charge in [0.15, 0.2) is 11.7 Å². The van der Waals surface area contributed by atoms with Gasteiger partial charge in [0, 0.05) is 13.0 Å². The highest BCUT2D eigenvalue weighted by molar-refractivity contribution is 7.13. The third-order valence-electron chi connectivity index (χ3n) is 2.69. The second kappa shape index (κ2) is 6.73. The molecule has 0 fully saturated rings. The Balaban J connectivity index is 1.92. The van der Waals surface area contributed by atoms with Gasteiger partial charge in [0.25, 0.3) is 0 Å². The first-order chi connectivity index (χ1) is 9.20. The number of hydrogen-bond donors (Lipinski definition) is 1. The zero-order chi connectivity index (χ0) is 13.7. The minimum atomic E-state index is 0.663. The summed E-state index contributed by atoms with van der Waals surface area (Å²) in [6.07, 6.45) is 2.58. The normalized spacial score (nSPS) is 11.2. The number of thiophene rings is 1. The van der Waals surface area contributed by atoms with Gasteiger partial charge in [-0.25, -0.2) is 4.98 Å². The van der Waals surface area contributed by atoms with Crippen LogP contribution < -0.4 is 10.1 Å². The summed E-state index contributed by atoms with van der Waals surface area (Å²) >= 11 is 1.60. The quantitative estimate of drug-likeness (QED) is 0.791. The third-order valence-corrected chi connectivity index (χ3v) is 3.60. The van der Waals surface area contributed by atoms with Crippen LogP contribution >= 0.6 is 11.3 Å². The van der Waals surface area contributed by atoms with Gasteiger partial charge in [-0.05, 0) is 23.9 Å². The average Bonchev–Trinajstić information content (AvgIpc) is 3.02. The summed E-state index contributed by atoms with van der Waals surface area (Å²) in [5.41, 5.74) is 0. The zero-order valence-corrected chi connectivity index (χ0v) is 12.4. The van der Waals surface area contributed by atoms with E-state index in [1.54, 1.807) is 24.6 Å². The Morgan fingerprint density at radius 1 is 1.47 bits per heavy atom. The summed E-state index contributed by atoms with van der Waals surface area (Å²) in [6, 6.07) is 1.94. The van der Waals surface area contributed by atoms with Crippen molar-refractivity contribution in [1.29, 1.82) is 0 Å². The predicted molar refractivity (Wildman–Crippen MR) is 77.8 cm³/mol. The number of rotatable bonds is 7. The minimum Gasteiger partial charge on any atom is -0.495 e. The van der Waals surface area contributed by atoms with E-state index >= 15 is 0 Å². The lowest BCUT2D eigenvalue weighted by atomic mass is 10.2. The van der Waals surface area contributed by atoms with E-state index in [0.717, 1.165) is 41.8 Å². The summed E-state index contributed by atoms with van der Waals surface area (Å²) in [5.74, 6) is 3.05. The lowest BCUT2D eigenvalue weighted by molar-refractivity contribution is 0.415. The standard InChI is InChI=1S/C14H20N2O2S/c1-10(2)8-15-6-4-13-16-9-12(18-13)14-11(17-3)5-7-19-14/h5,7,9-10,15H,4,6,8H2,1-3H3. The first-order valence-corrected chi connectivity index (χ1v) is 7.36. The molecule has 4 nitrogen and oxygen atoms in total. The molecule has 2 heterocycles. The fourth-order valence-electron chi connectivity index (χ4n) is 1.75. The summed E-state index contributed by atoms with van der Waals surface area (Å²) in [4.78, 5) is 5.31. The molecule has 1 N–H and O–H groups in total. The van der Waals surface area contributed by atoms with Crippen LogP contribution in [-0.2, 0) is 6.42 Å². The number of hydrogen-bond acceptors (Lipinski definition) is 5. The van der Waals surface area contributed by atoms with Gasteiger partial charge in [-0.3, -0.25) is 0 Å². The highest BCUT2D eigenvalue weighted by Gasteiger charge is 2.12. The van der Waals surface area contributed by atoms with Gasteiger partial charge >= 0.3 is 0 Å². The molecule has 0 saturated heterocycles. The molecule has 0 aliphatic rings. The second-order valence-corrected chi connectivity index (χ2v) is 5.70. The lowest BCUT2D eigenvalue weighted by Gasteiger charge is -2.05. The van der Waals surface area contributed by atoms with Crippen molar-refractivity contribution >= 4 is 11.3 Å². The van der Waals surface area contributed by atoms with Crippen molar-refractivity contribution in [2.75, 3.05) is 20.2 Å². The monoisotopic (exact) mass is 280 g/mol. The molecule has 0 bridgehead atoms. The van der Waals surface area contributed by atoms with Gasteiger partial charge in [0.2, 0.25) is 0 Å². The molecule has 0 saturated carbocycles. The van der Waals surface area contributed by atoms with Crippen LogP contribution in [0, 0.1) is 5.92 Å². The molecule has 5 heteroatoms. The summed E-state index contributed by atoms with van der Waals surface area (Å²) in [6.45, 7) is 6.30. The van der Waals surface area contributed by atoms with E-state index in [1.807, 2.05) is 11.4 Å². The van der Waals surface area contributed by atoms with Gasteiger partial charge in [0.1, 0.15) is 10.6 Å². The molecule has 0 radical (unpaired) electrons. The number of ether oxygens (including phenoxy) is 1. The van der Waals surface area contributed by atoms with Gasteiger partial charge in [-0.2, -0.15) is 0 Å². The fourth-order valence-corrected chi connectivity index (χ4v) is 2.56. The third kappa shape index (κ3) is 3.81. The molecule has 2 aromatic rings. The Morgan fingerprint density at radius 2 is 2.32 bits per heavy atom. The highest BCUT2D eigenvalue weighted by Crippen LogP contribution is 2.35. The molecular weight excluding hydrogens is 260 g/mol. The van der Waals surface area contributed by atoms with E-state index in [-0.39, 0.29) is 0 Å². The van der Waals surface area contributed by atoms with Gasteiger partial charge < -0.3 is 14.5 Å². The molecular formula is C14H20N2O2S. The Kier molecular flexibility index (Phi) is 4.99. The van der Waals surface area contributed by atoms with E-state index in [1.165, 1.54) is 0 Å². The molecule has 19 heavy (non-hydrogen) atoms. The van der Waals surface area contributed by atoms with E-state index in [4.69, 9.17) is 9.15 Å². The van der Waals surface area contributed by atoms with Gasteiger partial charge in [-0.1, -0.05) is 13.8 Å². The Labute approximate surface area is 117 Å². The minimum absolute atomic E-state index is 0.663. The molecule has 0 amide bonds. The first kappa shape index (κ1) is 14.1. The number of aromatic nitrogens is 1. The van der Waals surface area contributed by atoms with Gasteiger partial charge in [0.05, 0.1) is 13.3 Å². The molecule has 0 spiro atoms. The second-order valence-electron chi connectivity index (χ2n) is 4.78. The first-order valence-electron chi connectivity index (χ1n) is 6.48. The maximum absolute atomic E-state index is 5.76. The van der Waals surface area contributed by atoms with Crippen LogP contribution in [0.3, 0.4) is 0 Å². The average molecular weight is 280 g/mol. The summed E-state index contributed by atoms with van der Waals surface area (Å²) in [7, 11) is 1.67. The Hall–Kier alpha value is -1.33. The van der Waals surface area contributed by atoms with Crippen molar-refractivity contribution in [1.82, 2.24) is 10.3 Å². The van der Waals surface area contributed by atoms with Crippen molar-refractivity contribution in [3.63, 3.8) is 0 Å². The van der Waals surface area contributed by atoms with Crippen molar-refractivity contribution in [2.45, 2.75) is 20.3 Å². The Morgan fingerprint density at radius 3 is 3.05 bits per heavy atom. The van der Waals surface area contributed by atoms with E-state index in [2.05, 4.69) is 24.1 Å². The molecule has 104 valence electrons. The van der Waals surface area contributed by atoms with Crippen molar-refractivity contribution in [3.05, 3.63) is 23.5 Å². The summed E-state index contributed by atoms with van der Waals surface area (Å²) in [5, 5.41) is 5.36. The molecule has 2 rings (SSSR count). The topological polar surface area (TPSA) is 47.3 Å². The number of nitrogens with one attached hydrogen (secondary N) is 1.